The van der Waals surface area contributed by atoms with Crippen LogP contribution in [0.25, 0.3) is 16.6 Å². The van der Waals surface area contributed by atoms with Crippen molar-refractivity contribution in [3.63, 3.8) is 0 Å². The van der Waals surface area contributed by atoms with Gasteiger partial charge in [-0.3, -0.25) is 4.79 Å². The summed E-state index contributed by atoms with van der Waals surface area (Å²) >= 11 is 0. The molecule has 2 aliphatic heterocycles. The molecule has 146 valence electrons. The van der Waals surface area contributed by atoms with Crippen LogP contribution in [0.15, 0.2) is 23.0 Å². The fraction of sp³-hybridized carbons (Fsp3) is 0.450. The molecule has 0 aliphatic carbocycles. The molecule has 2 aliphatic rings. The summed E-state index contributed by atoms with van der Waals surface area (Å²) in [6.07, 6.45) is 2.01. The first-order valence-corrected chi connectivity index (χ1v) is 9.61. The smallest absolute Gasteiger partial charge is 0.351 e. The zero-order valence-corrected chi connectivity index (χ0v) is 16.0. The normalized spacial score (nSPS) is 17.0. The number of fused-ring (bicyclic) bond motifs is 4. The number of aryl methyl sites for hydroxylation is 1. The molecule has 0 N–H and O–H groups in total. The summed E-state index contributed by atoms with van der Waals surface area (Å²) in [6, 6.07) is 5.64. The van der Waals surface area contributed by atoms with Crippen molar-refractivity contribution in [3.8, 4) is 11.5 Å². The van der Waals surface area contributed by atoms with E-state index in [0.717, 1.165) is 36.9 Å². The third-order valence-corrected chi connectivity index (χ3v) is 5.75. The van der Waals surface area contributed by atoms with Gasteiger partial charge in [0.15, 0.2) is 17.1 Å². The second kappa shape index (κ2) is 6.25. The second-order valence-corrected chi connectivity index (χ2v) is 7.75. The quantitative estimate of drug-likeness (QED) is 0.677. The Bertz CT molecular complexity index is 1150. The number of carbonyl (C=O) groups is 1. The van der Waals surface area contributed by atoms with E-state index in [1.54, 1.807) is 10.5 Å². The summed E-state index contributed by atoms with van der Waals surface area (Å²) in [5.74, 6) is 1.86. The summed E-state index contributed by atoms with van der Waals surface area (Å²) in [7, 11) is 0. The molecule has 8 heteroatoms. The van der Waals surface area contributed by atoms with Gasteiger partial charge in [-0.1, -0.05) is 6.92 Å². The fourth-order valence-corrected chi connectivity index (χ4v) is 4.02. The van der Waals surface area contributed by atoms with Gasteiger partial charge in [0.2, 0.25) is 12.7 Å². The number of likely N-dealkylation sites (tertiary alicyclic amines) is 1. The lowest BCUT2D eigenvalue weighted by Gasteiger charge is -2.30. The first-order chi connectivity index (χ1) is 13.5. The van der Waals surface area contributed by atoms with Gasteiger partial charge in [-0.15, -0.1) is 5.10 Å². The third kappa shape index (κ3) is 2.63. The zero-order valence-electron chi connectivity index (χ0n) is 16.0. The summed E-state index contributed by atoms with van der Waals surface area (Å²) in [6.45, 7) is 5.73. The van der Waals surface area contributed by atoms with E-state index >= 15 is 0 Å². The maximum Gasteiger partial charge on any atom is 0.351 e. The highest BCUT2D eigenvalue weighted by Crippen LogP contribution is 2.36. The van der Waals surface area contributed by atoms with Crippen LogP contribution < -0.4 is 15.2 Å². The van der Waals surface area contributed by atoms with Crippen LogP contribution in [0.5, 0.6) is 11.5 Å². The summed E-state index contributed by atoms with van der Waals surface area (Å²) in [5.41, 5.74) is 1.79. The largest absolute Gasteiger partial charge is 0.454 e. The predicted octanol–water partition coefficient (Wildman–Crippen LogP) is 1.94. The highest BCUT2D eigenvalue weighted by Gasteiger charge is 2.23. The molecule has 0 spiro atoms. The number of benzene rings is 1. The SMILES string of the molecule is Cc1cc2cc3c(cc2n2c(=O)n(CC(=O)N4CCC(C)CC4)nc12)OCO3. The lowest BCUT2D eigenvalue weighted by Crippen LogP contribution is -2.41. The Labute approximate surface area is 161 Å². The maximum absolute atomic E-state index is 13.1. The lowest BCUT2D eigenvalue weighted by atomic mass is 9.99. The lowest BCUT2D eigenvalue weighted by molar-refractivity contribution is -0.133. The van der Waals surface area contributed by atoms with Gasteiger partial charge in [-0.25, -0.2) is 13.9 Å². The van der Waals surface area contributed by atoms with E-state index in [2.05, 4.69) is 12.0 Å². The number of rotatable bonds is 2. The molecule has 1 aromatic carbocycles. The Morgan fingerprint density at radius 2 is 1.89 bits per heavy atom. The third-order valence-electron chi connectivity index (χ3n) is 5.75. The Morgan fingerprint density at radius 3 is 2.64 bits per heavy atom. The van der Waals surface area contributed by atoms with Crippen LogP contribution in [-0.4, -0.2) is 44.9 Å². The standard InChI is InChI=1S/C20H22N4O4/c1-12-3-5-22(6-4-12)18(25)10-23-20(26)24-15-9-17-16(27-11-28-17)8-14(15)7-13(2)19(24)21-23/h7-9,12H,3-6,10-11H2,1-2H3. The molecule has 0 saturated carbocycles. The molecular weight excluding hydrogens is 360 g/mol. The molecule has 1 saturated heterocycles. The van der Waals surface area contributed by atoms with Gasteiger partial charge >= 0.3 is 5.69 Å². The number of carbonyl (C=O) groups excluding carboxylic acids is 1. The van der Waals surface area contributed by atoms with Gasteiger partial charge in [0.25, 0.3) is 0 Å². The Kier molecular flexibility index (Phi) is 3.82. The number of aromatic nitrogens is 3. The van der Waals surface area contributed by atoms with Crippen LogP contribution >= 0.6 is 0 Å². The van der Waals surface area contributed by atoms with E-state index in [1.807, 2.05) is 24.0 Å². The molecule has 28 heavy (non-hydrogen) atoms. The Morgan fingerprint density at radius 1 is 1.18 bits per heavy atom. The highest BCUT2D eigenvalue weighted by atomic mass is 16.7. The molecule has 0 radical (unpaired) electrons. The van der Waals surface area contributed by atoms with Crippen LogP contribution in [0.2, 0.25) is 0 Å². The van der Waals surface area contributed by atoms with Gasteiger partial charge in [0.05, 0.1) is 5.52 Å². The van der Waals surface area contributed by atoms with Crippen molar-refractivity contribution in [1.82, 2.24) is 19.1 Å². The second-order valence-electron chi connectivity index (χ2n) is 7.75. The molecule has 5 rings (SSSR count). The van der Waals surface area contributed by atoms with Crippen molar-refractivity contribution in [2.24, 2.45) is 5.92 Å². The number of piperidine rings is 1. The molecule has 0 atom stereocenters. The van der Waals surface area contributed by atoms with E-state index in [9.17, 15) is 9.59 Å². The van der Waals surface area contributed by atoms with Gasteiger partial charge in [-0.2, -0.15) is 0 Å². The Balaban J connectivity index is 1.57. The summed E-state index contributed by atoms with van der Waals surface area (Å²) in [5, 5.41) is 5.32. The van der Waals surface area contributed by atoms with E-state index in [4.69, 9.17) is 9.47 Å². The number of hydrogen-bond donors (Lipinski definition) is 0. The topological polar surface area (TPSA) is 78.1 Å². The average molecular weight is 382 g/mol. The van der Waals surface area contributed by atoms with Crippen LogP contribution in [-0.2, 0) is 11.3 Å². The number of ether oxygens (including phenoxy) is 2. The van der Waals surface area contributed by atoms with Crippen molar-refractivity contribution in [1.29, 1.82) is 0 Å². The van der Waals surface area contributed by atoms with Crippen LogP contribution in [0, 0.1) is 12.8 Å². The summed E-state index contributed by atoms with van der Waals surface area (Å²) in [4.78, 5) is 27.6. The minimum atomic E-state index is -0.318. The molecule has 0 bridgehead atoms. The molecule has 8 nitrogen and oxygen atoms in total. The molecule has 0 unspecified atom stereocenters. The maximum atomic E-state index is 13.1. The highest BCUT2D eigenvalue weighted by molar-refractivity contribution is 5.87. The monoisotopic (exact) mass is 382 g/mol. The molecular formula is C20H22N4O4. The van der Waals surface area contributed by atoms with Gasteiger partial charge in [-0.05, 0) is 43.4 Å². The number of hydrogen-bond acceptors (Lipinski definition) is 5. The van der Waals surface area contributed by atoms with Crippen molar-refractivity contribution < 1.29 is 14.3 Å². The Hall–Kier alpha value is -3.03. The average Bonchev–Trinajstić information content (AvgIpc) is 3.26. The molecule has 1 fully saturated rings. The van der Waals surface area contributed by atoms with Crippen LogP contribution in [0.4, 0.5) is 0 Å². The number of amides is 1. The summed E-state index contributed by atoms with van der Waals surface area (Å²) < 4.78 is 13.7. The number of nitrogens with zero attached hydrogens (tertiary/aromatic N) is 4. The van der Waals surface area contributed by atoms with E-state index < -0.39 is 0 Å². The van der Waals surface area contributed by atoms with Crippen molar-refractivity contribution >= 4 is 22.5 Å². The van der Waals surface area contributed by atoms with Crippen molar-refractivity contribution in [2.45, 2.75) is 33.2 Å². The molecule has 3 aromatic rings. The van der Waals surface area contributed by atoms with Crippen LogP contribution in [0.3, 0.4) is 0 Å². The predicted molar refractivity (Wildman–Crippen MR) is 103 cm³/mol. The first kappa shape index (κ1) is 17.1. The number of pyridine rings is 1. The van der Waals surface area contributed by atoms with Crippen LogP contribution in [0.1, 0.15) is 25.3 Å². The van der Waals surface area contributed by atoms with Crippen molar-refractivity contribution in [3.05, 3.63) is 34.2 Å². The minimum Gasteiger partial charge on any atom is -0.454 e. The van der Waals surface area contributed by atoms with E-state index in [1.165, 1.54) is 4.68 Å². The van der Waals surface area contributed by atoms with E-state index in [-0.39, 0.29) is 24.9 Å². The van der Waals surface area contributed by atoms with Gasteiger partial charge in [0.1, 0.15) is 6.54 Å². The molecule has 4 heterocycles. The van der Waals surface area contributed by atoms with Gasteiger partial charge < -0.3 is 14.4 Å². The van der Waals surface area contributed by atoms with Gasteiger partial charge in [0, 0.05) is 24.5 Å². The fourth-order valence-electron chi connectivity index (χ4n) is 4.02. The minimum absolute atomic E-state index is 0.0413. The van der Waals surface area contributed by atoms with E-state index in [0.29, 0.717) is 28.6 Å². The van der Waals surface area contributed by atoms with Crippen molar-refractivity contribution in [2.75, 3.05) is 19.9 Å². The zero-order chi connectivity index (χ0) is 19.4. The molecule has 2 aromatic heterocycles. The first-order valence-electron chi connectivity index (χ1n) is 9.61. The molecule has 1 amide bonds.